The van der Waals surface area contributed by atoms with Crippen LogP contribution >= 0.6 is 11.6 Å². The summed E-state index contributed by atoms with van der Waals surface area (Å²) in [6.07, 6.45) is 0. The first kappa shape index (κ1) is 18.4. The molecule has 0 fully saturated rings. The van der Waals surface area contributed by atoms with Crippen LogP contribution in [0.1, 0.15) is 5.89 Å². The maximum atomic E-state index is 12.8. The van der Waals surface area contributed by atoms with E-state index >= 15 is 0 Å². The van der Waals surface area contributed by atoms with E-state index in [-0.39, 0.29) is 23.1 Å². The van der Waals surface area contributed by atoms with Crippen LogP contribution < -0.4 is 4.74 Å². The van der Waals surface area contributed by atoms with Gasteiger partial charge in [-0.25, -0.2) is 8.42 Å². The van der Waals surface area contributed by atoms with Crippen molar-refractivity contribution in [2.24, 2.45) is 0 Å². The van der Waals surface area contributed by atoms with E-state index in [0.717, 1.165) is 9.87 Å². The third-order valence-corrected chi connectivity index (χ3v) is 5.73. The summed E-state index contributed by atoms with van der Waals surface area (Å²) in [6.45, 7) is -0.0855. The zero-order valence-electron chi connectivity index (χ0n) is 14.1. The zero-order valence-corrected chi connectivity index (χ0v) is 15.7. The molecular formula is C17H16ClN3O4S. The van der Waals surface area contributed by atoms with E-state index in [2.05, 4.69) is 10.1 Å². The van der Waals surface area contributed by atoms with Gasteiger partial charge < -0.3 is 9.26 Å². The van der Waals surface area contributed by atoms with Gasteiger partial charge >= 0.3 is 0 Å². The highest BCUT2D eigenvalue weighted by Crippen LogP contribution is 2.29. The van der Waals surface area contributed by atoms with Gasteiger partial charge in [-0.2, -0.15) is 9.29 Å². The van der Waals surface area contributed by atoms with Crippen molar-refractivity contribution in [2.45, 2.75) is 11.4 Å². The Morgan fingerprint density at radius 2 is 1.92 bits per heavy atom. The Hall–Kier alpha value is -2.42. The van der Waals surface area contributed by atoms with Gasteiger partial charge in [-0.15, -0.1) is 0 Å². The van der Waals surface area contributed by atoms with Crippen LogP contribution in [0.2, 0.25) is 5.02 Å². The Labute approximate surface area is 156 Å². The fraction of sp³-hybridized carbons (Fsp3) is 0.176. The molecule has 1 heterocycles. The van der Waals surface area contributed by atoms with E-state index in [1.807, 2.05) is 30.3 Å². The molecule has 3 rings (SSSR count). The number of methoxy groups -OCH3 is 1. The Bertz CT molecular complexity index is 1010. The largest absolute Gasteiger partial charge is 0.495 e. The minimum atomic E-state index is -3.86. The topological polar surface area (TPSA) is 85.5 Å². The van der Waals surface area contributed by atoms with Gasteiger partial charge in [0.05, 0.1) is 13.7 Å². The molecule has 2 aromatic carbocycles. The molecule has 0 amide bonds. The highest BCUT2D eigenvalue weighted by atomic mass is 35.5. The van der Waals surface area contributed by atoms with Crippen molar-refractivity contribution in [3.63, 3.8) is 0 Å². The second-order valence-corrected chi connectivity index (χ2v) is 7.88. The Morgan fingerprint density at radius 1 is 1.19 bits per heavy atom. The summed E-state index contributed by atoms with van der Waals surface area (Å²) in [6, 6.07) is 13.7. The molecule has 0 saturated heterocycles. The van der Waals surface area contributed by atoms with Crippen LogP contribution in [0, 0.1) is 0 Å². The van der Waals surface area contributed by atoms with E-state index in [1.54, 1.807) is 6.07 Å². The van der Waals surface area contributed by atoms with Crippen LogP contribution in [-0.4, -0.2) is 37.0 Å². The third-order valence-electron chi connectivity index (χ3n) is 3.67. The highest BCUT2D eigenvalue weighted by Gasteiger charge is 2.27. The van der Waals surface area contributed by atoms with E-state index in [1.165, 1.54) is 26.3 Å². The molecule has 0 aliphatic carbocycles. The first-order chi connectivity index (χ1) is 12.4. The number of aromatic nitrogens is 2. The van der Waals surface area contributed by atoms with Crippen LogP contribution in [0.15, 0.2) is 57.9 Å². The van der Waals surface area contributed by atoms with Gasteiger partial charge in [0.25, 0.3) is 0 Å². The summed E-state index contributed by atoms with van der Waals surface area (Å²) < 4.78 is 37.1. The number of benzene rings is 2. The molecule has 9 heteroatoms. The smallest absolute Gasteiger partial charge is 0.247 e. The number of hydrogen-bond acceptors (Lipinski definition) is 6. The lowest BCUT2D eigenvalue weighted by Gasteiger charge is -2.17. The Morgan fingerprint density at radius 3 is 2.62 bits per heavy atom. The lowest BCUT2D eigenvalue weighted by Crippen LogP contribution is -2.27. The molecule has 1 aromatic heterocycles. The maximum absolute atomic E-state index is 12.8. The van der Waals surface area contributed by atoms with Crippen LogP contribution in [0.4, 0.5) is 0 Å². The van der Waals surface area contributed by atoms with E-state index in [0.29, 0.717) is 10.8 Å². The predicted molar refractivity (Wildman–Crippen MR) is 96.4 cm³/mol. The first-order valence-electron chi connectivity index (χ1n) is 7.59. The van der Waals surface area contributed by atoms with Crippen LogP contribution in [0.3, 0.4) is 0 Å². The zero-order chi connectivity index (χ0) is 18.7. The Kier molecular flexibility index (Phi) is 5.26. The average Bonchev–Trinajstić information content (AvgIpc) is 3.11. The number of ether oxygens (including phenoxy) is 1. The van der Waals surface area contributed by atoms with Gasteiger partial charge in [-0.05, 0) is 18.2 Å². The first-order valence-corrected chi connectivity index (χ1v) is 9.41. The van der Waals surface area contributed by atoms with Gasteiger partial charge in [0.1, 0.15) is 10.6 Å². The second-order valence-electron chi connectivity index (χ2n) is 5.43. The number of halogens is 1. The van der Waals surface area contributed by atoms with E-state index in [9.17, 15) is 8.42 Å². The van der Waals surface area contributed by atoms with E-state index in [4.69, 9.17) is 20.9 Å². The van der Waals surface area contributed by atoms with Crippen LogP contribution in [-0.2, 0) is 16.6 Å². The molecule has 26 heavy (non-hydrogen) atoms. The van der Waals surface area contributed by atoms with Crippen LogP contribution in [0.5, 0.6) is 5.75 Å². The molecule has 0 spiro atoms. The number of nitrogens with zero attached hydrogens (tertiary/aromatic N) is 3. The van der Waals surface area contributed by atoms with Crippen molar-refractivity contribution in [1.82, 2.24) is 14.4 Å². The third kappa shape index (κ3) is 3.72. The van der Waals surface area contributed by atoms with Crippen molar-refractivity contribution in [3.05, 3.63) is 59.4 Å². The molecule has 7 nitrogen and oxygen atoms in total. The predicted octanol–water partition coefficient (Wildman–Crippen LogP) is 3.22. The maximum Gasteiger partial charge on any atom is 0.247 e. The Balaban J connectivity index is 1.85. The molecule has 0 bridgehead atoms. The van der Waals surface area contributed by atoms with Crippen molar-refractivity contribution in [1.29, 1.82) is 0 Å². The summed E-state index contributed by atoms with van der Waals surface area (Å²) >= 11 is 5.94. The minimum Gasteiger partial charge on any atom is -0.495 e. The van der Waals surface area contributed by atoms with Gasteiger partial charge in [-0.1, -0.05) is 47.1 Å². The molecule has 136 valence electrons. The molecule has 0 N–H and O–H groups in total. The SMILES string of the molecule is COc1ccc(Cl)cc1S(=O)(=O)N(C)Cc1nc(-c2ccccc2)no1. The van der Waals surface area contributed by atoms with Gasteiger partial charge in [0, 0.05) is 17.6 Å². The van der Waals surface area contributed by atoms with Gasteiger partial charge in [0.2, 0.25) is 21.7 Å². The summed E-state index contributed by atoms with van der Waals surface area (Å²) in [7, 11) is -1.05. The fourth-order valence-corrected chi connectivity index (χ4v) is 3.85. The standard InChI is InChI=1S/C17H16ClN3O4S/c1-21(26(22,23)15-10-13(18)8-9-14(15)24-2)11-16-19-17(20-25-16)12-6-4-3-5-7-12/h3-10H,11H2,1-2H3. The van der Waals surface area contributed by atoms with Crippen molar-refractivity contribution >= 4 is 21.6 Å². The van der Waals surface area contributed by atoms with Crippen molar-refractivity contribution < 1.29 is 17.7 Å². The summed E-state index contributed by atoms with van der Waals surface area (Å²) in [5, 5.41) is 4.18. The number of sulfonamides is 1. The number of rotatable bonds is 6. The summed E-state index contributed by atoms with van der Waals surface area (Å²) in [4.78, 5) is 4.22. The second kappa shape index (κ2) is 7.45. The van der Waals surface area contributed by atoms with Crippen molar-refractivity contribution in [2.75, 3.05) is 14.2 Å². The van der Waals surface area contributed by atoms with Crippen molar-refractivity contribution in [3.8, 4) is 17.1 Å². The lowest BCUT2D eigenvalue weighted by atomic mass is 10.2. The lowest BCUT2D eigenvalue weighted by molar-refractivity contribution is 0.335. The molecule has 0 aliphatic rings. The molecule has 0 saturated carbocycles. The summed E-state index contributed by atoms with van der Waals surface area (Å²) in [5.74, 6) is 0.777. The van der Waals surface area contributed by atoms with Gasteiger partial charge in [-0.3, -0.25) is 0 Å². The normalized spacial score (nSPS) is 11.7. The highest BCUT2D eigenvalue weighted by molar-refractivity contribution is 7.89. The quantitative estimate of drug-likeness (QED) is 0.639. The average molecular weight is 394 g/mol. The molecule has 3 aromatic rings. The molecule has 0 aliphatic heterocycles. The minimum absolute atomic E-state index is 0.0298. The van der Waals surface area contributed by atoms with E-state index < -0.39 is 10.0 Å². The van der Waals surface area contributed by atoms with Gasteiger partial charge in [0.15, 0.2) is 0 Å². The molecule has 0 atom stereocenters. The molecular weight excluding hydrogens is 378 g/mol. The summed E-state index contributed by atoms with van der Waals surface area (Å²) in [5.41, 5.74) is 0.782. The fourth-order valence-electron chi connectivity index (χ4n) is 2.32. The monoisotopic (exact) mass is 393 g/mol. The number of hydrogen-bond donors (Lipinski definition) is 0. The van der Waals surface area contributed by atoms with Crippen LogP contribution in [0.25, 0.3) is 11.4 Å². The molecule has 0 unspecified atom stereocenters. The molecule has 0 radical (unpaired) electrons.